The van der Waals surface area contributed by atoms with Crippen molar-refractivity contribution in [3.63, 3.8) is 0 Å². The summed E-state index contributed by atoms with van der Waals surface area (Å²) in [6.07, 6.45) is 3.72. The normalized spacial score (nSPS) is 16.0. The highest BCUT2D eigenvalue weighted by Crippen LogP contribution is 2.35. The molecule has 1 radical (unpaired) electrons. The number of carboxylic acid groups (broad SMARTS) is 1. The molecule has 92 heavy (non-hydrogen) atoms. The van der Waals surface area contributed by atoms with Crippen molar-refractivity contribution < 1.29 is 62.6 Å². The van der Waals surface area contributed by atoms with E-state index in [4.69, 9.17) is 51.8 Å². The van der Waals surface area contributed by atoms with Crippen molar-refractivity contribution in [3.8, 4) is 0 Å². The fourth-order valence-corrected chi connectivity index (χ4v) is 10.6. The Bertz CT molecular complexity index is 2700. The number of hydrogen-bond donors (Lipinski definition) is 20. The van der Waals surface area contributed by atoms with Crippen LogP contribution in [0.15, 0.2) is 30.3 Å². The molecule has 9 amide bonds. The molecular weight excluding hydrogens is 1210 g/mol. The summed E-state index contributed by atoms with van der Waals surface area (Å²) in [5.41, 5.74) is 20.3. The molecule has 1 aromatic rings. The molecular formula is C59H98N19O13S. The third-order valence-corrected chi connectivity index (χ3v) is 16.3. The molecule has 0 aromatic heterocycles. The monoisotopic (exact) mass is 1310 g/mol. The summed E-state index contributed by atoms with van der Waals surface area (Å²) < 4.78 is 0. The number of nitrogens with two attached hydrogens (primary N) is 4. The molecule has 32 nitrogen and oxygen atoms in total. The third kappa shape index (κ3) is 26.7. The molecule has 33 heteroatoms. The largest absolute Gasteiger partial charge is 0.481 e. The SMILES string of the molecule is CCC(=O)[C@@]([C]=O)(C(S)CCNC(=N)N)N(C(=O)[C@H](Cc1ccccc1)NC(=O)[C@@H](NC(=O)[C@H](CCCNC(=N)N)NC(=O)[C@H](CC(=O)O)NC(=O)[C@@H](NC(=O)[C@H](CCCNC(=N)N)NC(=O)CNC(=O)CNC(=O)[C@H](C)N)[C@@H](C)CC)[C@@H](C)CC)C1CCCCC1. The van der Waals surface area contributed by atoms with Gasteiger partial charge in [0.25, 0.3) is 0 Å². The number of guanidine groups is 3. The van der Waals surface area contributed by atoms with E-state index in [0.29, 0.717) is 31.2 Å². The number of carbonyl (C=O) groups excluding carboxylic acids is 11. The molecule has 1 unspecified atom stereocenters. The molecule has 1 aliphatic rings. The topological polar surface area (TPSA) is 536 Å². The van der Waals surface area contributed by atoms with Crippen molar-refractivity contribution in [2.75, 3.05) is 32.7 Å². The molecule has 513 valence electrons. The van der Waals surface area contributed by atoms with Crippen molar-refractivity contribution in [3.05, 3.63) is 35.9 Å². The Morgan fingerprint density at radius 3 is 1.54 bits per heavy atom. The maximum atomic E-state index is 15.7. The number of benzene rings is 1. The summed E-state index contributed by atoms with van der Waals surface area (Å²) in [7, 11) is 0. The molecule has 0 bridgehead atoms. The minimum atomic E-state index is -2.28. The molecule has 23 N–H and O–H groups in total. The smallest absolute Gasteiger partial charge is 0.305 e. The van der Waals surface area contributed by atoms with Crippen LogP contribution < -0.4 is 81.4 Å². The lowest BCUT2D eigenvalue weighted by Crippen LogP contribution is -2.70. The van der Waals surface area contributed by atoms with Gasteiger partial charge in [0.2, 0.25) is 59.5 Å². The lowest BCUT2D eigenvalue weighted by molar-refractivity contribution is -0.150. The van der Waals surface area contributed by atoms with E-state index in [1.807, 2.05) is 6.29 Å². The number of carboxylic acids is 1. The van der Waals surface area contributed by atoms with Crippen molar-refractivity contribution in [1.82, 2.24) is 63.4 Å². The van der Waals surface area contributed by atoms with E-state index in [1.54, 1.807) is 58.0 Å². The molecule has 1 aliphatic carbocycles. The molecule has 11 atom stereocenters. The van der Waals surface area contributed by atoms with Crippen LogP contribution in [0.3, 0.4) is 0 Å². The maximum Gasteiger partial charge on any atom is 0.305 e. The number of nitrogens with one attached hydrogen (secondary N) is 14. The van der Waals surface area contributed by atoms with Gasteiger partial charge in [0.15, 0.2) is 29.2 Å². The van der Waals surface area contributed by atoms with Gasteiger partial charge in [-0.2, -0.15) is 12.6 Å². The Kier molecular flexibility index (Phi) is 35.4. The lowest BCUT2D eigenvalue weighted by atomic mass is 9.81. The number of nitrogens with zero attached hydrogens (tertiary/aromatic N) is 1. The Morgan fingerprint density at radius 2 is 1.08 bits per heavy atom. The van der Waals surface area contributed by atoms with Gasteiger partial charge < -0.3 is 91.4 Å². The minimum absolute atomic E-state index is 0.00207. The quantitative estimate of drug-likeness (QED) is 0.0102. The van der Waals surface area contributed by atoms with Crippen molar-refractivity contribution in [1.29, 1.82) is 16.2 Å². The van der Waals surface area contributed by atoms with E-state index in [9.17, 15) is 53.1 Å². The number of rotatable bonds is 42. The number of thiol groups is 1. The van der Waals surface area contributed by atoms with Crippen molar-refractivity contribution in [2.45, 2.75) is 197 Å². The van der Waals surface area contributed by atoms with Gasteiger partial charge in [0.1, 0.15) is 36.3 Å². The van der Waals surface area contributed by atoms with E-state index >= 15 is 9.59 Å². The standard InChI is InChI=1S/C59H98N19O13S/c1-7-33(4)47(76-50(86)38(22-16-25-67-56(61)62)72-45(82)31-70-44(81)30-71-49(85)35(6)60)53(89)74-40(29-46(83)84)52(88)73-39(23-17-26-68-57(63)64)51(87)77-48(34(5)8-2)54(90)75-41(28-36-18-12-10-13-19-36)55(91)78(37-20-14-11-15-21-37)59(32-79,42(80)9-3)43(92)24-27-69-58(65)66/h10,12-13,18-19,33-35,37-41,43,47-48,92H,7-9,11,14-17,20-31,60H2,1-6H3,(H,70,81)(H,71,85)(H,72,82)(H,73,88)(H,74,89)(H,75,90)(H,76,86)(H,77,87)(H,83,84)(H4,61,62,67)(H4,63,64,68)(H4,65,66,69)/t33-,34-,35-,38-,39-,40-,41-,43?,47-,48-,59-/m0/s1. The molecule has 0 aliphatic heterocycles. The summed E-state index contributed by atoms with van der Waals surface area (Å²) in [4.78, 5) is 167. The average molecular weight is 1310 g/mol. The first-order chi connectivity index (χ1) is 43.5. The van der Waals surface area contributed by atoms with Gasteiger partial charge in [-0.05, 0) is 69.3 Å². The second-order valence-corrected chi connectivity index (χ2v) is 23.5. The molecule has 0 spiro atoms. The summed E-state index contributed by atoms with van der Waals surface area (Å²) in [5, 5.41) is 59.7. The van der Waals surface area contributed by atoms with Gasteiger partial charge in [-0.25, -0.2) is 0 Å². The second-order valence-electron chi connectivity index (χ2n) is 22.9. The van der Waals surface area contributed by atoms with Crippen LogP contribution in [0.1, 0.15) is 137 Å². The Morgan fingerprint density at radius 1 is 0.609 bits per heavy atom. The van der Waals surface area contributed by atoms with Crippen LogP contribution in [0, 0.1) is 28.1 Å². The zero-order chi connectivity index (χ0) is 69.3. The highest BCUT2D eigenvalue weighted by molar-refractivity contribution is 7.81. The van der Waals surface area contributed by atoms with Gasteiger partial charge in [-0.1, -0.05) is 97.1 Å². The fraction of sp³-hybridized carbons (Fsp3) is 0.644. The third-order valence-electron chi connectivity index (χ3n) is 15.7. The lowest BCUT2D eigenvalue weighted by Gasteiger charge is -2.48. The molecule has 1 fully saturated rings. The Balaban J connectivity index is 2.64. The van der Waals surface area contributed by atoms with Crippen LogP contribution >= 0.6 is 12.6 Å². The molecule has 0 heterocycles. The van der Waals surface area contributed by atoms with Crippen LogP contribution in [0.4, 0.5) is 0 Å². The minimum Gasteiger partial charge on any atom is -0.481 e. The summed E-state index contributed by atoms with van der Waals surface area (Å²) in [6.45, 7) is 8.49. The zero-order valence-electron chi connectivity index (χ0n) is 53.4. The molecule has 1 saturated carbocycles. The van der Waals surface area contributed by atoms with Gasteiger partial charge in [0.05, 0.1) is 25.6 Å². The summed E-state index contributed by atoms with van der Waals surface area (Å²) in [6, 6.07) is -2.32. The van der Waals surface area contributed by atoms with Gasteiger partial charge in [0, 0.05) is 43.8 Å². The van der Waals surface area contributed by atoms with Crippen LogP contribution in [0.2, 0.25) is 0 Å². The number of aliphatic carboxylic acids is 1. The van der Waals surface area contributed by atoms with Gasteiger partial charge in [-0.3, -0.25) is 73.8 Å². The number of ketones is 1. The predicted octanol–water partition coefficient (Wildman–Crippen LogP) is -3.03. The first-order valence-electron chi connectivity index (χ1n) is 31.0. The second kappa shape index (κ2) is 41.0. The Labute approximate surface area is 542 Å². The molecule has 1 aromatic carbocycles. The van der Waals surface area contributed by atoms with E-state index < -0.39 is 161 Å². The van der Waals surface area contributed by atoms with E-state index in [-0.39, 0.29) is 89.3 Å². The summed E-state index contributed by atoms with van der Waals surface area (Å²) >= 11 is 4.78. The number of hydrogen-bond acceptors (Lipinski definition) is 17. The van der Waals surface area contributed by atoms with Crippen molar-refractivity contribution >= 4 is 102 Å². The first kappa shape index (κ1) is 79.5. The van der Waals surface area contributed by atoms with Gasteiger partial charge >= 0.3 is 5.97 Å². The fourth-order valence-electron chi connectivity index (χ4n) is 10.2. The van der Waals surface area contributed by atoms with E-state index in [1.165, 1.54) is 18.7 Å². The number of carbonyl (C=O) groups is 11. The maximum absolute atomic E-state index is 15.7. The highest BCUT2D eigenvalue weighted by Gasteiger charge is 2.55. The predicted molar refractivity (Wildman–Crippen MR) is 346 cm³/mol. The first-order valence-corrected chi connectivity index (χ1v) is 31.5. The number of amides is 9. The number of Topliss-reactive ketones (excluding diaryl/α,β-unsaturated/α-hetero) is 1. The van der Waals surface area contributed by atoms with Crippen molar-refractivity contribution in [2.24, 2.45) is 34.8 Å². The van der Waals surface area contributed by atoms with Crippen LogP contribution in [-0.4, -0.2) is 191 Å². The van der Waals surface area contributed by atoms with Crippen LogP contribution in [0.5, 0.6) is 0 Å². The van der Waals surface area contributed by atoms with E-state index in [0.717, 1.165) is 6.42 Å². The highest BCUT2D eigenvalue weighted by atomic mass is 32.1. The van der Waals surface area contributed by atoms with Crippen LogP contribution in [-0.2, 0) is 64.0 Å². The van der Waals surface area contributed by atoms with Gasteiger partial charge in [-0.15, -0.1) is 0 Å². The van der Waals surface area contributed by atoms with Crippen LogP contribution in [0.25, 0.3) is 0 Å². The van der Waals surface area contributed by atoms with E-state index in [2.05, 4.69) is 58.5 Å². The zero-order valence-corrected chi connectivity index (χ0v) is 54.3. The average Bonchev–Trinajstić information content (AvgIpc) is 0.756. The Hall–Kier alpha value is -8.62. The molecule has 0 saturated heterocycles. The summed E-state index contributed by atoms with van der Waals surface area (Å²) in [5.74, 6) is -12.8. The molecule has 2 rings (SSSR count).